The Morgan fingerprint density at radius 2 is 2.39 bits per heavy atom. The molecule has 1 aliphatic rings. The molecule has 18 heavy (non-hydrogen) atoms. The first-order valence-electron chi connectivity index (χ1n) is 6.49. The molecule has 1 atom stereocenters. The average Bonchev–Trinajstić information content (AvgIpc) is 2.39. The van der Waals surface area contributed by atoms with Gasteiger partial charge in [-0.2, -0.15) is 0 Å². The fraction of sp³-hybridized carbons (Fsp3) is 0.500. The Morgan fingerprint density at radius 1 is 1.56 bits per heavy atom. The Balaban J connectivity index is 2.04. The molecule has 0 saturated carbocycles. The molecule has 4 nitrogen and oxygen atoms in total. The second-order valence-corrected chi connectivity index (χ2v) is 4.98. The van der Waals surface area contributed by atoms with Gasteiger partial charge < -0.3 is 11.1 Å². The van der Waals surface area contributed by atoms with Crippen LogP contribution in [-0.4, -0.2) is 26.2 Å². The van der Waals surface area contributed by atoms with Gasteiger partial charge in [0.2, 0.25) is 0 Å². The summed E-state index contributed by atoms with van der Waals surface area (Å²) in [5.41, 5.74) is 7.42. The van der Waals surface area contributed by atoms with Crippen LogP contribution < -0.4 is 16.0 Å². The molecule has 0 aromatic heterocycles. The maximum Gasteiger partial charge on any atom is 0.318 e. The van der Waals surface area contributed by atoms with Crippen LogP contribution in [0.15, 0.2) is 24.3 Å². The molecule has 1 heterocycles. The molecule has 1 aromatic rings. The molecular formula is C14H21N3O. The van der Waals surface area contributed by atoms with E-state index in [1.807, 2.05) is 12.1 Å². The van der Waals surface area contributed by atoms with Crippen LogP contribution in [0, 0.1) is 5.92 Å². The lowest BCUT2D eigenvalue weighted by molar-refractivity contribution is 0.255. The highest BCUT2D eigenvalue weighted by atomic mass is 16.2. The molecule has 0 bridgehead atoms. The number of hydrogen-bond acceptors (Lipinski definition) is 2. The van der Waals surface area contributed by atoms with Crippen molar-refractivity contribution in [1.29, 1.82) is 0 Å². The van der Waals surface area contributed by atoms with Crippen molar-refractivity contribution in [3.8, 4) is 0 Å². The van der Waals surface area contributed by atoms with Crippen LogP contribution in [0.3, 0.4) is 0 Å². The summed E-state index contributed by atoms with van der Waals surface area (Å²) < 4.78 is 0. The molecule has 2 rings (SSSR count). The molecule has 1 fully saturated rings. The van der Waals surface area contributed by atoms with Crippen LogP contribution in [0.25, 0.3) is 0 Å². The van der Waals surface area contributed by atoms with E-state index in [-0.39, 0.29) is 0 Å². The lowest BCUT2D eigenvalue weighted by atomic mass is 9.92. The third-order valence-corrected chi connectivity index (χ3v) is 3.55. The number of nitrogens with one attached hydrogen (secondary N) is 1. The van der Waals surface area contributed by atoms with E-state index in [0.29, 0.717) is 5.92 Å². The van der Waals surface area contributed by atoms with Crippen molar-refractivity contribution in [2.24, 2.45) is 11.7 Å². The zero-order valence-electron chi connectivity index (χ0n) is 10.9. The SMILES string of the molecule is CN(C(N)=O)c1cccc(CC2CCCNC2)c1. The summed E-state index contributed by atoms with van der Waals surface area (Å²) in [6, 6.07) is 7.64. The minimum Gasteiger partial charge on any atom is -0.351 e. The Kier molecular flexibility index (Phi) is 4.20. The highest BCUT2D eigenvalue weighted by Gasteiger charge is 2.14. The summed E-state index contributed by atoms with van der Waals surface area (Å²) in [6.45, 7) is 2.23. The molecule has 0 aliphatic carbocycles. The van der Waals surface area contributed by atoms with E-state index >= 15 is 0 Å². The topological polar surface area (TPSA) is 58.4 Å². The molecule has 0 spiro atoms. The van der Waals surface area contributed by atoms with Crippen molar-refractivity contribution in [1.82, 2.24) is 5.32 Å². The summed E-state index contributed by atoms with van der Waals surface area (Å²) in [4.78, 5) is 12.6. The summed E-state index contributed by atoms with van der Waals surface area (Å²) in [5.74, 6) is 0.702. The predicted molar refractivity (Wildman–Crippen MR) is 73.7 cm³/mol. The Hall–Kier alpha value is -1.55. The third kappa shape index (κ3) is 3.23. The average molecular weight is 247 g/mol. The number of amides is 2. The minimum atomic E-state index is -0.425. The quantitative estimate of drug-likeness (QED) is 0.855. The number of nitrogens with two attached hydrogens (primary N) is 1. The number of hydrogen-bond donors (Lipinski definition) is 2. The van der Waals surface area contributed by atoms with E-state index in [9.17, 15) is 4.79 Å². The molecule has 3 N–H and O–H groups in total. The van der Waals surface area contributed by atoms with Gasteiger partial charge in [-0.05, 0) is 56.0 Å². The first kappa shape index (κ1) is 12.9. The largest absolute Gasteiger partial charge is 0.351 e. The van der Waals surface area contributed by atoms with Crippen LogP contribution in [0.4, 0.5) is 10.5 Å². The first-order chi connectivity index (χ1) is 8.66. The zero-order valence-corrected chi connectivity index (χ0v) is 10.9. The fourth-order valence-corrected chi connectivity index (χ4v) is 2.45. The standard InChI is InChI=1S/C14H21N3O/c1-17(14(15)18)13-6-2-4-11(9-13)8-12-5-3-7-16-10-12/h2,4,6,9,12,16H,3,5,7-8,10H2,1H3,(H2,15,18). The first-order valence-corrected chi connectivity index (χ1v) is 6.49. The lowest BCUT2D eigenvalue weighted by Gasteiger charge is -2.23. The van der Waals surface area contributed by atoms with E-state index in [2.05, 4.69) is 17.4 Å². The van der Waals surface area contributed by atoms with Crippen LogP contribution in [0.5, 0.6) is 0 Å². The number of rotatable bonds is 3. The number of carbonyl (C=O) groups is 1. The van der Waals surface area contributed by atoms with Gasteiger partial charge in [0.15, 0.2) is 0 Å². The van der Waals surface area contributed by atoms with Gasteiger partial charge in [0.25, 0.3) is 0 Å². The molecule has 0 radical (unpaired) electrons. The monoisotopic (exact) mass is 247 g/mol. The van der Waals surface area contributed by atoms with Gasteiger partial charge >= 0.3 is 6.03 Å². The predicted octanol–water partition coefficient (Wildman–Crippen LogP) is 1.74. The fourth-order valence-electron chi connectivity index (χ4n) is 2.45. The number of nitrogens with zero attached hydrogens (tertiary/aromatic N) is 1. The van der Waals surface area contributed by atoms with Gasteiger partial charge in [0, 0.05) is 12.7 Å². The van der Waals surface area contributed by atoms with Gasteiger partial charge in [0.1, 0.15) is 0 Å². The van der Waals surface area contributed by atoms with Crippen molar-refractivity contribution >= 4 is 11.7 Å². The molecule has 1 saturated heterocycles. The van der Waals surface area contributed by atoms with Crippen LogP contribution >= 0.6 is 0 Å². The van der Waals surface area contributed by atoms with E-state index in [1.165, 1.54) is 23.3 Å². The Labute approximate surface area is 108 Å². The van der Waals surface area contributed by atoms with Gasteiger partial charge in [0.05, 0.1) is 0 Å². The van der Waals surface area contributed by atoms with E-state index in [0.717, 1.165) is 25.2 Å². The van der Waals surface area contributed by atoms with Crippen molar-refractivity contribution in [3.63, 3.8) is 0 Å². The van der Waals surface area contributed by atoms with Crippen molar-refractivity contribution in [2.75, 3.05) is 25.0 Å². The Bertz CT molecular complexity index is 413. The van der Waals surface area contributed by atoms with Gasteiger partial charge in [-0.15, -0.1) is 0 Å². The smallest absolute Gasteiger partial charge is 0.318 e. The van der Waals surface area contributed by atoms with Crippen molar-refractivity contribution < 1.29 is 4.79 Å². The number of carbonyl (C=O) groups excluding carboxylic acids is 1. The van der Waals surface area contributed by atoms with E-state index < -0.39 is 6.03 Å². The summed E-state index contributed by atoms with van der Waals surface area (Å²) in [6.07, 6.45) is 3.60. The van der Waals surface area contributed by atoms with Crippen molar-refractivity contribution in [2.45, 2.75) is 19.3 Å². The highest BCUT2D eigenvalue weighted by molar-refractivity contribution is 5.90. The molecule has 1 unspecified atom stereocenters. The van der Waals surface area contributed by atoms with Crippen molar-refractivity contribution in [3.05, 3.63) is 29.8 Å². The number of primary amides is 1. The van der Waals surface area contributed by atoms with Crippen LogP contribution in [0.1, 0.15) is 18.4 Å². The molecule has 2 amide bonds. The Morgan fingerprint density at radius 3 is 3.06 bits per heavy atom. The van der Waals surface area contributed by atoms with Gasteiger partial charge in [-0.25, -0.2) is 4.79 Å². The number of anilines is 1. The normalized spacial score (nSPS) is 19.5. The number of urea groups is 1. The second kappa shape index (κ2) is 5.87. The second-order valence-electron chi connectivity index (χ2n) is 4.98. The third-order valence-electron chi connectivity index (χ3n) is 3.55. The lowest BCUT2D eigenvalue weighted by Crippen LogP contribution is -2.32. The zero-order chi connectivity index (χ0) is 13.0. The van der Waals surface area contributed by atoms with Gasteiger partial charge in [-0.3, -0.25) is 4.90 Å². The van der Waals surface area contributed by atoms with Gasteiger partial charge in [-0.1, -0.05) is 12.1 Å². The van der Waals surface area contributed by atoms with Crippen LogP contribution in [0.2, 0.25) is 0 Å². The molecule has 98 valence electrons. The van der Waals surface area contributed by atoms with E-state index in [4.69, 9.17) is 5.73 Å². The molecular weight excluding hydrogens is 226 g/mol. The minimum absolute atomic E-state index is 0.425. The molecule has 4 heteroatoms. The highest BCUT2D eigenvalue weighted by Crippen LogP contribution is 2.20. The number of benzene rings is 1. The number of piperidine rings is 1. The maximum absolute atomic E-state index is 11.1. The molecule has 1 aromatic carbocycles. The summed E-state index contributed by atoms with van der Waals surface area (Å²) >= 11 is 0. The molecule has 1 aliphatic heterocycles. The summed E-state index contributed by atoms with van der Waals surface area (Å²) in [5, 5.41) is 3.43. The summed E-state index contributed by atoms with van der Waals surface area (Å²) in [7, 11) is 1.70. The van der Waals surface area contributed by atoms with Crippen LogP contribution in [-0.2, 0) is 6.42 Å². The van der Waals surface area contributed by atoms with E-state index in [1.54, 1.807) is 7.05 Å². The maximum atomic E-state index is 11.1.